The zero-order chi connectivity index (χ0) is 19.0. The van der Waals surface area contributed by atoms with E-state index < -0.39 is 0 Å². The predicted octanol–water partition coefficient (Wildman–Crippen LogP) is 5.18. The first-order valence-corrected chi connectivity index (χ1v) is 8.78. The summed E-state index contributed by atoms with van der Waals surface area (Å²) in [6, 6.07) is 14.9. The van der Waals surface area contributed by atoms with Crippen LogP contribution in [0, 0.1) is 6.92 Å². The number of nitrogens with zero attached hydrogens (tertiary/aromatic N) is 1. The summed E-state index contributed by atoms with van der Waals surface area (Å²) >= 11 is 0. The van der Waals surface area contributed by atoms with E-state index in [2.05, 4.69) is 20.4 Å². The number of hydrogen-bond donors (Lipinski definition) is 0. The molecule has 0 bridgehead atoms. The van der Waals surface area contributed by atoms with E-state index in [0.717, 1.165) is 16.8 Å². The molecular weight excluding hydrogens is 322 g/mol. The van der Waals surface area contributed by atoms with Crippen LogP contribution < -0.4 is 4.90 Å². The summed E-state index contributed by atoms with van der Waals surface area (Å²) in [4.78, 5) is 27.8. The molecule has 132 valence electrons. The molecule has 2 aromatic rings. The molecule has 1 amide bonds. The van der Waals surface area contributed by atoms with Crippen LogP contribution in [0.2, 0.25) is 0 Å². The van der Waals surface area contributed by atoms with E-state index in [4.69, 9.17) is 0 Å². The molecule has 2 aromatic carbocycles. The van der Waals surface area contributed by atoms with E-state index in [1.165, 1.54) is 0 Å². The van der Waals surface area contributed by atoms with E-state index in [9.17, 15) is 9.59 Å². The zero-order valence-corrected chi connectivity index (χ0v) is 15.7. The Morgan fingerprint density at radius 1 is 1.00 bits per heavy atom. The fourth-order valence-corrected chi connectivity index (χ4v) is 3.40. The lowest BCUT2D eigenvalue weighted by Crippen LogP contribution is -2.29. The van der Waals surface area contributed by atoms with Gasteiger partial charge in [-0.25, -0.2) is 0 Å². The molecule has 3 rings (SSSR count). The normalized spacial score (nSPS) is 14.6. The number of rotatable bonds is 4. The molecule has 0 spiro atoms. The lowest BCUT2D eigenvalue weighted by molar-refractivity contribution is -0.114. The quantitative estimate of drug-likeness (QED) is 0.566. The molecule has 0 aromatic heterocycles. The molecule has 0 aliphatic carbocycles. The Bertz CT molecular complexity index is 936. The Balaban J connectivity index is 2.10. The first-order chi connectivity index (χ1) is 12.3. The summed E-state index contributed by atoms with van der Waals surface area (Å²) in [5.74, 6) is -0.298. The standard InChI is InChI=1S/C23H23NO2/c1-14(2)19-13-9-10-15(3)21(19)24-17(5)16(4)20(23(24)26)22(25)18-11-7-6-8-12-18/h6-14H,5H2,1-4H3. The SMILES string of the molecule is C=C1C(C)=C(C(=O)c2ccccc2)C(=O)N1c1c(C)cccc1C(C)C. The highest BCUT2D eigenvalue weighted by Crippen LogP contribution is 2.40. The Kier molecular flexibility index (Phi) is 4.64. The average Bonchev–Trinajstić information content (AvgIpc) is 2.84. The van der Waals surface area contributed by atoms with Crippen molar-refractivity contribution in [3.05, 3.63) is 88.6 Å². The number of amides is 1. The van der Waals surface area contributed by atoms with Gasteiger partial charge in [-0.05, 0) is 36.5 Å². The Morgan fingerprint density at radius 3 is 2.27 bits per heavy atom. The maximum atomic E-state index is 13.3. The summed E-state index contributed by atoms with van der Waals surface area (Å²) in [5.41, 5.74) is 4.84. The van der Waals surface area contributed by atoms with E-state index in [1.807, 2.05) is 31.2 Å². The van der Waals surface area contributed by atoms with Crippen molar-refractivity contribution in [3.8, 4) is 0 Å². The largest absolute Gasteiger partial charge is 0.288 e. The predicted molar refractivity (Wildman–Crippen MR) is 105 cm³/mol. The number of anilines is 1. The number of para-hydroxylation sites is 1. The van der Waals surface area contributed by atoms with Crippen molar-refractivity contribution < 1.29 is 9.59 Å². The minimum Gasteiger partial charge on any atom is -0.288 e. The molecule has 1 heterocycles. The van der Waals surface area contributed by atoms with Crippen molar-refractivity contribution in [1.29, 1.82) is 0 Å². The van der Waals surface area contributed by atoms with Crippen LogP contribution in [0.15, 0.2) is 72.0 Å². The molecule has 0 radical (unpaired) electrons. The van der Waals surface area contributed by atoms with E-state index >= 15 is 0 Å². The van der Waals surface area contributed by atoms with Gasteiger partial charge in [0.25, 0.3) is 5.91 Å². The third-order valence-corrected chi connectivity index (χ3v) is 4.87. The van der Waals surface area contributed by atoms with Gasteiger partial charge in [0.05, 0.1) is 11.3 Å². The molecule has 0 fully saturated rings. The van der Waals surface area contributed by atoms with Crippen molar-refractivity contribution in [2.45, 2.75) is 33.6 Å². The minimum absolute atomic E-state index is 0.208. The Labute approximate surface area is 154 Å². The van der Waals surface area contributed by atoms with E-state index in [1.54, 1.807) is 36.1 Å². The van der Waals surface area contributed by atoms with Gasteiger partial charge < -0.3 is 0 Å². The molecule has 3 nitrogen and oxygen atoms in total. The second kappa shape index (κ2) is 6.75. The monoisotopic (exact) mass is 345 g/mol. The maximum Gasteiger partial charge on any atom is 0.267 e. The third-order valence-electron chi connectivity index (χ3n) is 4.87. The number of carbonyl (C=O) groups is 2. The summed E-state index contributed by atoms with van der Waals surface area (Å²) in [6.45, 7) is 12.1. The fraction of sp³-hybridized carbons (Fsp3) is 0.217. The van der Waals surface area contributed by atoms with Gasteiger partial charge in [-0.2, -0.15) is 0 Å². The summed E-state index contributed by atoms with van der Waals surface area (Å²) in [7, 11) is 0. The van der Waals surface area contributed by atoms with Crippen molar-refractivity contribution in [2.24, 2.45) is 0 Å². The summed E-state index contributed by atoms with van der Waals surface area (Å²) < 4.78 is 0. The van der Waals surface area contributed by atoms with Crippen LogP contribution in [0.3, 0.4) is 0 Å². The Hall–Kier alpha value is -2.94. The first-order valence-electron chi connectivity index (χ1n) is 8.78. The van der Waals surface area contributed by atoms with Crippen molar-refractivity contribution in [1.82, 2.24) is 0 Å². The lowest BCUT2D eigenvalue weighted by atomic mass is 9.97. The number of Topliss-reactive ketones (excluding diaryl/α,β-unsaturated/α-hetero) is 1. The van der Waals surface area contributed by atoms with Crippen LogP contribution in [0.25, 0.3) is 0 Å². The number of allylic oxidation sites excluding steroid dienone is 1. The van der Waals surface area contributed by atoms with E-state index in [0.29, 0.717) is 16.8 Å². The number of aryl methyl sites for hydroxylation is 1. The van der Waals surface area contributed by atoms with Crippen LogP contribution in [-0.2, 0) is 4.79 Å². The first kappa shape index (κ1) is 17.9. The minimum atomic E-state index is -0.294. The zero-order valence-electron chi connectivity index (χ0n) is 15.7. The van der Waals surface area contributed by atoms with Crippen LogP contribution in [-0.4, -0.2) is 11.7 Å². The molecule has 0 N–H and O–H groups in total. The number of benzene rings is 2. The van der Waals surface area contributed by atoms with Gasteiger partial charge in [-0.1, -0.05) is 69.0 Å². The Morgan fingerprint density at radius 2 is 1.65 bits per heavy atom. The molecule has 3 heteroatoms. The smallest absolute Gasteiger partial charge is 0.267 e. The highest BCUT2D eigenvalue weighted by atomic mass is 16.2. The second-order valence-electron chi connectivity index (χ2n) is 6.95. The highest BCUT2D eigenvalue weighted by molar-refractivity contribution is 6.33. The molecule has 0 saturated heterocycles. The molecular formula is C23H23NO2. The number of ketones is 1. The molecule has 0 saturated carbocycles. The molecule has 0 unspecified atom stereocenters. The van der Waals surface area contributed by atoms with Gasteiger partial charge in [0, 0.05) is 11.3 Å². The molecule has 1 aliphatic heterocycles. The van der Waals surface area contributed by atoms with E-state index in [-0.39, 0.29) is 23.2 Å². The maximum absolute atomic E-state index is 13.3. The fourth-order valence-electron chi connectivity index (χ4n) is 3.40. The van der Waals surface area contributed by atoms with Gasteiger partial charge in [-0.15, -0.1) is 0 Å². The molecule has 1 aliphatic rings. The van der Waals surface area contributed by atoms with Gasteiger partial charge in [-0.3, -0.25) is 14.5 Å². The lowest BCUT2D eigenvalue weighted by Gasteiger charge is -2.25. The van der Waals surface area contributed by atoms with Gasteiger partial charge >= 0.3 is 0 Å². The van der Waals surface area contributed by atoms with Crippen molar-refractivity contribution in [2.75, 3.05) is 4.90 Å². The molecule has 0 atom stereocenters. The average molecular weight is 345 g/mol. The third kappa shape index (κ3) is 2.80. The van der Waals surface area contributed by atoms with Crippen molar-refractivity contribution in [3.63, 3.8) is 0 Å². The molecule has 26 heavy (non-hydrogen) atoms. The van der Waals surface area contributed by atoms with Crippen LogP contribution in [0.5, 0.6) is 0 Å². The van der Waals surface area contributed by atoms with Gasteiger partial charge in [0.2, 0.25) is 0 Å². The van der Waals surface area contributed by atoms with Gasteiger partial charge in [0.15, 0.2) is 5.78 Å². The summed E-state index contributed by atoms with van der Waals surface area (Å²) in [5, 5.41) is 0. The van der Waals surface area contributed by atoms with Crippen LogP contribution in [0.4, 0.5) is 5.69 Å². The number of hydrogen-bond acceptors (Lipinski definition) is 2. The van der Waals surface area contributed by atoms with Gasteiger partial charge in [0.1, 0.15) is 0 Å². The highest BCUT2D eigenvalue weighted by Gasteiger charge is 2.38. The number of carbonyl (C=O) groups excluding carboxylic acids is 2. The van der Waals surface area contributed by atoms with Crippen molar-refractivity contribution >= 4 is 17.4 Å². The van der Waals surface area contributed by atoms with Crippen LogP contribution in [0.1, 0.15) is 48.2 Å². The topological polar surface area (TPSA) is 37.4 Å². The second-order valence-corrected chi connectivity index (χ2v) is 6.95. The van der Waals surface area contributed by atoms with Crippen LogP contribution >= 0.6 is 0 Å². The summed E-state index contributed by atoms with van der Waals surface area (Å²) in [6.07, 6.45) is 0.